The summed E-state index contributed by atoms with van der Waals surface area (Å²) in [5, 5.41) is 0. The van der Waals surface area contributed by atoms with Gasteiger partial charge in [0.15, 0.2) is 5.75 Å². The summed E-state index contributed by atoms with van der Waals surface area (Å²) < 4.78 is 43.2. The SMILES string of the molecule is COc1cnc(N2CCN(c3cc(C(F)(F)F)ncn3)CC2)nc1. The topological polar surface area (TPSA) is 67.3 Å². The molecule has 0 aliphatic carbocycles. The van der Waals surface area contributed by atoms with Crippen molar-refractivity contribution in [2.45, 2.75) is 6.18 Å². The van der Waals surface area contributed by atoms with Crippen molar-refractivity contribution in [2.75, 3.05) is 43.1 Å². The van der Waals surface area contributed by atoms with Crippen LogP contribution in [0.3, 0.4) is 0 Å². The average Bonchev–Trinajstić information content (AvgIpc) is 2.61. The summed E-state index contributed by atoms with van der Waals surface area (Å²) in [6.45, 7) is 2.20. The zero-order valence-electron chi connectivity index (χ0n) is 12.9. The van der Waals surface area contributed by atoms with Crippen LogP contribution in [0.15, 0.2) is 24.8 Å². The summed E-state index contributed by atoms with van der Waals surface area (Å²) in [7, 11) is 1.54. The largest absolute Gasteiger partial charge is 0.494 e. The molecule has 24 heavy (non-hydrogen) atoms. The van der Waals surface area contributed by atoms with Crippen molar-refractivity contribution < 1.29 is 17.9 Å². The maximum absolute atomic E-state index is 12.7. The summed E-state index contributed by atoms with van der Waals surface area (Å²) in [6.07, 6.45) is -0.378. The van der Waals surface area contributed by atoms with Crippen LogP contribution in [-0.2, 0) is 6.18 Å². The van der Waals surface area contributed by atoms with Crippen LogP contribution in [0.25, 0.3) is 0 Å². The van der Waals surface area contributed by atoms with Gasteiger partial charge in [0.25, 0.3) is 0 Å². The minimum Gasteiger partial charge on any atom is -0.494 e. The summed E-state index contributed by atoms with van der Waals surface area (Å²) in [5.74, 6) is 1.40. The standard InChI is InChI=1S/C14H15F3N6O/c1-24-10-7-18-13(19-8-10)23-4-2-22(3-5-23)12-6-11(14(15,16)17)20-9-21-12/h6-9H,2-5H2,1H3. The van der Waals surface area contributed by atoms with E-state index in [0.717, 1.165) is 12.4 Å². The van der Waals surface area contributed by atoms with Crippen LogP contribution in [0, 0.1) is 0 Å². The smallest absolute Gasteiger partial charge is 0.433 e. The first-order valence-electron chi connectivity index (χ1n) is 7.22. The highest BCUT2D eigenvalue weighted by Crippen LogP contribution is 2.29. The first-order valence-corrected chi connectivity index (χ1v) is 7.22. The van der Waals surface area contributed by atoms with Gasteiger partial charge in [0.1, 0.15) is 17.8 Å². The van der Waals surface area contributed by atoms with Gasteiger partial charge in [-0.3, -0.25) is 0 Å². The van der Waals surface area contributed by atoms with E-state index in [1.54, 1.807) is 17.3 Å². The summed E-state index contributed by atoms with van der Waals surface area (Å²) in [4.78, 5) is 19.4. The van der Waals surface area contributed by atoms with Crippen LogP contribution in [0.4, 0.5) is 24.9 Å². The van der Waals surface area contributed by atoms with E-state index in [-0.39, 0.29) is 5.82 Å². The molecule has 7 nitrogen and oxygen atoms in total. The molecular weight excluding hydrogens is 325 g/mol. The average molecular weight is 340 g/mol. The number of anilines is 2. The highest BCUT2D eigenvalue weighted by atomic mass is 19.4. The van der Waals surface area contributed by atoms with Crippen molar-refractivity contribution in [1.29, 1.82) is 0 Å². The van der Waals surface area contributed by atoms with Gasteiger partial charge in [-0.1, -0.05) is 0 Å². The summed E-state index contributed by atoms with van der Waals surface area (Å²) in [5.41, 5.74) is -0.937. The molecule has 3 rings (SSSR count). The fourth-order valence-corrected chi connectivity index (χ4v) is 2.39. The van der Waals surface area contributed by atoms with E-state index in [9.17, 15) is 13.2 Å². The van der Waals surface area contributed by atoms with Crippen LogP contribution < -0.4 is 14.5 Å². The van der Waals surface area contributed by atoms with Gasteiger partial charge in [0, 0.05) is 32.2 Å². The third-order valence-electron chi connectivity index (χ3n) is 3.68. The molecule has 0 bridgehead atoms. The number of piperazine rings is 1. The molecular formula is C14H15F3N6O. The van der Waals surface area contributed by atoms with Gasteiger partial charge >= 0.3 is 6.18 Å². The number of ether oxygens (including phenoxy) is 1. The number of halogens is 3. The first-order chi connectivity index (χ1) is 11.5. The van der Waals surface area contributed by atoms with E-state index in [0.29, 0.717) is 37.9 Å². The quantitative estimate of drug-likeness (QED) is 0.841. The number of alkyl halides is 3. The Morgan fingerprint density at radius 2 is 1.58 bits per heavy atom. The molecule has 1 aliphatic heterocycles. The minimum absolute atomic E-state index is 0.271. The molecule has 1 saturated heterocycles. The Kier molecular flexibility index (Phi) is 4.36. The lowest BCUT2D eigenvalue weighted by molar-refractivity contribution is -0.141. The molecule has 0 radical (unpaired) electrons. The number of hydrogen-bond donors (Lipinski definition) is 0. The Labute approximate surface area is 136 Å². The lowest BCUT2D eigenvalue weighted by Gasteiger charge is -2.35. The van der Waals surface area contributed by atoms with E-state index in [1.807, 2.05) is 4.90 Å². The van der Waals surface area contributed by atoms with Crippen molar-refractivity contribution in [1.82, 2.24) is 19.9 Å². The van der Waals surface area contributed by atoms with Crippen LogP contribution in [0.1, 0.15) is 5.69 Å². The molecule has 0 atom stereocenters. The first kappa shape index (κ1) is 16.2. The Morgan fingerprint density at radius 3 is 2.17 bits per heavy atom. The van der Waals surface area contributed by atoms with E-state index in [4.69, 9.17) is 4.74 Å². The molecule has 0 amide bonds. The molecule has 2 aromatic rings. The maximum Gasteiger partial charge on any atom is 0.433 e. The second-order valence-corrected chi connectivity index (χ2v) is 5.16. The second-order valence-electron chi connectivity index (χ2n) is 5.16. The van der Waals surface area contributed by atoms with Gasteiger partial charge in [0.2, 0.25) is 5.95 Å². The van der Waals surface area contributed by atoms with Gasteiger partial charge in [-0.2, -0.15) is 13.2 Å². The highest BCUT2D eigenvalue weighted by Gasteiger charge is 2.33. The Morgan fingerprint density at radius 1 is 0.958 bits per heavy atom. The Bertz CT molecular complexity index is 686. The minimum atomic E-state index is -4.48. The number of methoxy groups -OCH3 is 1. The van der Waals surface area contributed by atoms with Crippen LogP contribution >= 0.6 is 0 Å². The van der Waals surface area contributed by atoms with Crippen molar-refractivity contribution in [3.05, 3.63) is 30.5 Å². The molecule has 1 aliphatic rings. The third kappa shape index (κ3) is 3.47. The van der Waals surface area contributed by atoms with Gasteiger partial charge in [-0.05, 0) is 0 Å². The molecule has 1 fully saturated rings. The molecule has 128 valence electrons. The molecule has 3 heterocycles. The lowest BCUT2D eigenvalue weighted by Crippen LogP contribution is -2.47. The number of hydrogen-bond acceptors (Lipinski definition) is 7. The Hall–Kier alpha value is -2.65. The Balaban J connectivity index is 1.66. The van der Waals surface area contributed by atoms with Crippen molar-refractivity contribution in [3.63, 3.8) is 0 Å². The van der Waals surface area contributed by atoms with Crippen LogP contribution in [0.2, 0.25) is 0 Å². The monoisotopic (exact) mass is 340 g/mol. The third-order valence-corrected chi connectivity index (χ3v) is 3.68. The molecule has 0 spiro atoms. The highest BCUT2D eigenvalue weighted by molar-refractivity contribution is 5.43. The second kappa shape index (κ2) is 6.46. The summed E-state index contributed by atoms with van der Waals surface area (Å²) in [6, 6.07) is 0.972. The molecule has 0 aromatic carbocycles. The molecule has 10 heteroatoms. The molecule has 0 unspecified atom stereocenters. The number of aromatic nitrogens is 4. The number of nitrogens with zero attached hydrogens (tertiary/aromatic N) is 6. The maximum atomic E-state index is 12.7. The fourth-order valence-electron chi connectivity index (χ4n) is 2.39. The number of rotatable bonds is 3. The van der Waals surface area contributed by atoms with Crippen molar-refractivity contribution >= 4 is 11.8 Å². The molecule has 0 N–H and O–H groups in total. The predicted octanol–water partition coefficient (Wildman–Crippen LogP) is 1.62. The van der Waals surface area contributed by atoms with Gasteiger partial charge in [-0.25, -0.2) is 19.9 Å². The lowest BCUT2D eigenvalue weighted by atomic mass is 10.3. The van der Waals surface area contributed by atoms with Crippen LogP contribution in [-0.4, -0.2) is 53.2 Å². The molecule has 2 aromatic heterocycles. The van der Waals surface area contributed by atoms with Gasteiger partial charge < -0.3 is 14.5 Å². The van der Waals surface area contributed by atoms with E-state index in [2.05, 4.69) is 19.9 Å². The summed E-state index contributed by atoms with van der Waals surface area (Å²) >= 11 is 0. The normalized spacial score (nSPS) is 15.5. The van der Waals surface area contributed by atoms with Crippen LogP contribution in [0.5, 0.6) is 5.75 Å². The van der Waals surface area contributed by atoms with Gasteiger partial charge in [-0.15, -0.1) is 0 Å². The van der Waals surface area contributed by atoms with E-state index in [1.165, 1.54) is 7.11 Å². The predicted molar refractivity (Wildman–Crippen MR) is 80.0 cm³/mol. The fraction of sp³-hybridized carbons (Fsp3) is 0.429. The zero-order chi connectivity index (χ0) is 17.2. The van der Waals surface area contributed by atoms with Crippen molar-refractivity contribution in [2.24, 2.45) is 0 Å². The van der Waals surface area contributed by atoms with E-state index < -0.39 is 11.9 Å². The van der Waals surface area contributed by atoms with E-state index >= 15 is 0 Å². The van der Waals surface area contributed by atoms with Crippen molar-refractivity contribution in [3.8, 4) is 5.75 Å². The zero-order valence-corrected chi connectivity index (χ0v) is 12.9. The van der Waals surface area contributed by atoms with Gasteiger partial charge in [0.05, 0.1) is 19.5 Å². The molecule has 0 saturated carbocycles.